The number of aromatic nitrogens is 1. The van der Waals surface area contributed by atoms with Crippen molar-refractivity contribution in [3.8, 4) is 22.6 Å². The number of rotatable bonds is 6. The molecule has 0 aliphatic carbocycles. The summed E-state index contributed by atoms with van der Waals surface area (Å²) in [5.41, 5.74) is 3.04. The molecule has 3 nitrogen and oxygen atoms in total. The van der Waals surface area contributed by atoms with Crippen molar-refractivity contribution in [1.29, 1.82) is 0 Å². The smallest absolute Gasteiger partial charge is 0.256 e. The van der Waals surface area contributed by atoms with Gasteiger partial charge in [0, 0.05) is 23.4 Å². The minimum atomic E-state index is 0. The van der Waals surface area contributed by atoms with Crippen LogP contribution in [0.4, 0.5) is 0 Å². The Morgan fingerprint density at radius 2 is 1.50 bits per heavy atom. The first-order chi connectivity index (χ1) is 11.2. The lowest BCUT2D eigenvalue weighted by Crippen LogP contribution is -2.14. The Kier molecular flexibility index (Phi) is 6.91. The third kappa shape index (κ3) is 4.63. The predicted molar refractivity (Wildman–Crippen MR) is 104 cm³/mol. The highest BCUT2D eigenvalue weighted by Gasteiger charge is 2.16. The lowest BCUT2D eigenvalue weighted by molar-refractivity contribution is 0.434. The van der Waals surface area contributed by atoms with E-state index in [0.29, 0.717) is 0 Å². The molecular weight excluding hydrogens is 340 g/mol. The van der Waals surface area contributed by atoms with Gasteiger partial charge in [-0.25, -0.2) is 4.98 Å². The Morgan fingerprint density at radius 3 is 2.08 bits per heavy atom. The lowest BCUT2D eigenvalue weighted by Gasteiger charge is -2.06. The summed E-state index contributed by atoms with van der Waals surface area (Å²) in [4.78, 5) is 6.89. The van der Waals surface area contributed by atoms with Gasteiger partial charge in [-0.3, -0.25) is 0 Å². The molecule has 0 saturated carbocycles. The van der Waals surface area contributed by atoms with E-state index in [1.54, 1.807) is 11.8 Å². The van der Waals surface area contributed by atoms with Crippen LogP contribution in [0.2, 0.25) is 0 Å². The summed E-state index contributed by atoms with van der Waals surface area (Å²) in [6, 6.07) is 20.4. The van der Waals surface area contributed by atoms with E-state index in [4.69, 9.17) is 9.40 Å². The number of oxazole rings is 1. The lowest BCUT2D eigenvalue weighted by atomic mass is 10.1. The van der Waals surface area contributed by atoms with E-state index in [9.17, 15) is 0 Å². The first kappa shape index (κ1) is 18.6. The molecule has 0 unspecified atom stereocenters. The minimum Gasteiger partial charge on any atom is -0.431 e. The Hall–Kier alpha value is -1.75. The van der Waals surface area contributed by atoms with Crippen LogP contribution in [0.15, 0.2) is 70.3 Å². The van der Waals surface area contributed by atoms with Crippen LogP contribution in [0.3, 0.4) is 0 Å². The van der Waals surface area contributed by atoms with Gasteiger partial charge in [0.1, 0.15) is 5.69 Å². The molecule has 0 aliphatic heterocycles. The van der Waals surface area contributed by atoms with E-state index in [1.807, 2.05) is 36.4 Å². The molecule has 0 fully saturated rings. The SMILES string of the molecule is CN(C)CCSc1nc(-c2ccccc2)c(-c2ccccc2)o1.Cl. The second-order valence-electron chi connectivity index (χ2n) is 5.54. The molecule has 126 valence electrons. The van der Waals surface area contributed by atoms with Gasteiger partial charge in [-0.05, 0) is 14.1 Å². The summed E-state index contributed by atoms with van der Waals surface area (Å²) in [6.45, 7) is 0.994. The molecule has 0 aliphatic rings. The second-order valence-corrected chi connectivity index (χ2v) is 6.59. The monoisotopic (exact) mass is 360 g/mol. The zero-order chi connectivity index (χ0) is 16.1. The van der Waals surface area contributed by atoms with Crippen molar-refractivity contribution in [3.05, 3.63) is 60.7 Å². The van der Waals surface area contributed by atoms with Crippen molar-refractivity contribution in [3.63, 3.8) is 0 Å². The first-order valence-electron chi connectivity index (χ1n) is 7.63. The van der Waals surface area contributed by atoms with E-state index in [0.717, 1.165) is 40.1 Å². The predicted octanol–water partition coefficient (Wildman–Crippen LogP) is 5.08. The molecule has 1 aromatic heterocycles. The van der Waals surface area contributed by atoms with Gasteiger partial charge in [0.05, 0.1) is 0 Å². The standard InChI is InChI=1S/C19H20N2OS.ClH/c1-21(2)13-14-23-19-20-17(15-9-5-3-6-10-15)18(22-19)16-11-7-4-8-12-16;/h3-12H,13-14H2,1-2H3;1H. The summed E-state index contributed by atoms with van der Waals surface area (Å²) in [5.74, 6) is 1.79. The number of hydrogen-bond acceptors (Lipinski definition) is 4. The average Bonchev–Trinajstić information content (AvgIpc) is 3.00. The Bertz CT molecular complexity index is 688. The molecule has 0 radical (unpaired) electrons. The van der Waals surface area contributed by atoms with Gasteiger partial charge in [0.2, 0.25) is 0 Å². The number of thioether (sulfide) groups is 1. The van der Waals surface area contributed by atoms with Crippen molar-refractivity contribution < 1.29 is 4.42 Å². The van der Waals surface area contributed by atoms with Gasteiger partial charge >= 0.3 is 0 Å². The van der Waals surface area contributed by atoms with Crippen LogP contribution in [0.5, 0.6) is 0 Å². The Morgan fingerprint density at radius 1 is 0.917 bits per heavy atom. The number of halogens is 1. The van der Waals surface area contributed by atoms with Gasteiger partial charge in [-0.1, -0.05) is 72.4 Å². The van der Waals surface area contributed by atoms with E-state index in [1.165, 1.54) is 0 Å². The van der Waals surface area contributed by atoms with E-state index in [-0.39, 0.29) is 12.4 Å². The first-order valence-corrected chi connectivity index (χ1v) is 8.62. The molecule has 0 amide bonds. The van der Waals surface area contributed by atoms with Crippen LogP contribution in [0.1, 0.15) is 0 Å². The van der Waals surface area contributed by atoms with Crippen LogP contribution in [0, 0.1) is 0 Å². The molecule has 0 saturated heterocycles. The maximum atomic E-state index is 6.07. The number of benzene rings is 2. The molecule has 3 rings (SSSR count). The fourth-order valence-corrected chi connectivity index (χ4v) is 3.18. The minimum absolute atomic E-state index is 0. The fourth-order valence-electron chi connectivity index (χ4n) is 2.25. The molecule has 1 heterocycles. The summed E-state index contributed by atoms with van der Waals surface area (Å²) in [5, 5.41) is 0.726. The molecule has 0 bridgehead atoms. The molecule has 0 atom stereocenters. The van der Waals surface area contributed by atoms with Crippen LogP contribution >= 0.6 is 24.2 Å². The maximum Gasteiger partial charge on any atom is 0.256 e. The number of nitrogens with zero attached hydrogens (tertiary/aromatic N) is 2. The van der Waals surface area contributed by atoms with Crippen molar-refractivity contribution >= 4 is 24.2 Å². The van der Waals surface area contributed by atoms with Crippen molar-refractivity contribution in [2.45, 2.75) is 5.22 Å². The topological polar surface area (TPSA) is 29.3 Å². The highest BCUT2D eigenvalue weighted by atomic mass is 35.5. The third-order valence-corrected chi connectivity index (χ3v) is 4.26. The Labute approximate surface area is 153 Å². The average molecular weight is 361 g/mol. The largest absolute Gasteiger partial charge is 0.431 e. The Balaban J connectivity index is 0.00000208. The highest BCUT2D eigenvalue weighted by Crippen LogP contribution is 2.35. The normalized spacial score (nSPS) is 10.6. The molecule has 2 aromatic carbocycles. The second kappa shape index (κ2) is 8.92. The maximum absolute atomic E-state index is 6.07. The molecule has 0 spiro atoms. The van der Waals surface area contributed by atoms with Crippen molar-refractivity contribution in [2.24, 2.45) is 0 Å². The van der Waals surface area contributed by atoms with Gasteiger partial charge in [-0.2, -0.15) is 0 Å². The van der Waals surface area contributed by atoms with E-state index in [2.05, 4.69) is 43.3 Å². The van der Waals surface area contributed by atoms with E-state index >= 15 is 0 Å². The highest BCUT2D eigenvalue weighted by molar-refractivity contribution is 7.99. The van der Waals surface area contributed by atoms with Gasteiger partial charge in [-0.15, -0.1) is 12.4 Å². The summed E-state index contributed by atoms with van der Waals surface area (Å²) in [7, 11) is 4.14. The van der Waals surface area contributed by atoms with E-state index < -0.39 is 0 Å². The van der Waals surface area contributed by atoms with Gasteiger partial charge in [0.15, 0.2) is 5.76 Å². The quantitative estimate of drug-likeness (QED) is 0.573. The zero-order valence-corrected chi connectivity index (χ0v) is 15.4. The van der Waals surface area contributed by atoms with Gasteiger partial charge < -0.3 is 9.32 Å². The molecular formula is C19H21ClN2OS. The molecule has 3 aromatic rings. The third-order valence-electron chi connectivity index (χ3n) is 3.45. The molecule has 0 N–H and O–H groups in total. The van der Waals surface area contributed by atoms with Crippen molar-refractivity contribution in [1.82, 2.24) is 9.88 Å². The summed E-state index contributed by atoms with van der Waals surface area (Å²) in [6.07, 6.45) is 0. The fraction of sp³-hybridized carbons (Fsp3) is 0.211. The van der Waals surface area contributed by atoms with Crippen LogP contribution < -0.4 is 0 Å². The molecule has 24 heavy (non-hydrogen) atoms. The summed E-state index contributed by atoms with van der Waals surface area (Å²) >= 11 is 1.65. The zero-order valence-electron chi connectivity index (χ0n) is 13.8. The molecule has 5 heteroatoms. The van der Waals surface area contributed by atoms with Crippen LogP contribution in [-0.2, 0) is 0 Å². The van der Waals surface area contributed by atoms with Gasteiger partial charge in [0.25, 0.3) is 5.22 Å². The van der Waals surface area contributed by atoms with Crippen LogP contribution in [-0.4, -0.2) is 36.3 Å². The number of hydrogen-bond donors (Lipinski definition) is 0. The summed E-state index contributed by atoms with van der Waals surface area (Å²) < 4.78 is 6.07. The van der Waals surface area contributed by atoms with Crippen molar-refractivity contribution in [2.75, 3.05) is 26.4 Å². The van der Waals surface area contributed by atoms with Crippen LogP contribution in [0.25, 0.3) is 22.6 Å².